The number of benzene rings is 1. The first-order valence-corrected chi connectivity index (χ1v) is 7.33. The summed E-state index contributed by atoms with van der Waals surface area (Å²) in [6.45, 7) is 4.49. The van der Waals surface area contributed by atoms with Gasteiger partial charge in [-0.25, -0.2) is 0 Å². The quantitative estimate of drug-likeness (QED) is 0.799. The fraction of sp³-hybridized carbons (Fsp3) is 0.562. The highest BCUT2D eigenvalue weighted by atomic mass is 16.5. The van der Waals surface area contributed by atoms with E-state index in [-0.39, 0.29) is 18.1 Å². The smallest absolute Gasteiger partial charge is 0.224 e. The molecule has 0 saturated heterocycles. The van der Waals surface area contributed by atoms with Crippen LogP contribution in [0.15, 0.2) is 24.3 Å². The average molecular weight is 276 g/mol. The van der Waals surface area contributed by atoms with Crippen molar-refractivity contribution in [3.05, 3.63) is 29.8 Å². The predicted octanol–water partition coefficient (Wildman–Crippen LogP) is 1.87. The van der Waals surface area contributed by atoms with Crippen LogP contribution in [-0.4, -0.2) is 24.6 Å². The second kappa shape index (κ2) is 6.75. The maximum absolute atomic E-state index is 12.0. The van der Waals surface area contributed by atoms with Crippen LogP contribution in [0, 0.1) is 5.92 Å². The van der Waals surface area contributed by atoms with Crippen LogP contribution in [0.25, 0.3) is 0 Å². The van der Waals surface area contributed by atoms with E-state index in [4.69, 9.17) is 10.5 Å². The van der Waals surface area contributed by atoms with Gasteiger partial charge in [0.2, 0.25) is 5.91 Å². The number of amides is 1. The summed E-state index contributed by atoms with van der Waals surface area (Å²) >= 11 is 0. The second-order valence-corrected chi connectivity index (χ2v) is 5.74. The van der Waals surface area contributed by atoms with Gasteiger partial charge in [0.05, 0.1) is 12.5 Å². The lowest BCUT2D eigenvalue weighted by Crippen LogP contribution is -2.42. The van der Waals surface area contributed by atoms with Gasteiger partial charge in [0.25, 0.3) is 0 Å². The molecule has 1 aliphatic rings. The summed E-state index contributed by atoms with van der Waals surface area (Å²) in [4.78, 5) is 12.0. The van der Waals surface area contributed by atoms with Gasteiger partial charge in [-0.15, -0.1) is 0 Å². The molecule has 1 saturated carbocycles. The van der Waals surface area contributed by atoms with Crippen molar-refractivity contribution in [2.75, 3.05) is 6.54 Å². The van der Waals surface area contributed by atoms with Crippen molar-refractivity contribution in [3.63, 3.8) is 0 Å². The Bertz CT molecular complexity index is 456. The van der Waals surface area contributed by atoms with Gasteiger partial charge in [-0.3, -0.25) is 4.79 Å². The molecule has 110 valence electrons. The number of nitrogens with two attached hydrogens (primary N) is 1. The first-order chi connectivity index (χ1) is 9.58. The molecular formula is C16H24N2O2. The molecule has 1 fully saturated rings. The van der Waals surface area contributed by atoms with Crippen molar-refractivity contribution in [1.82, 2.24) is 5.32 Å². The molecule has 4 nitrogen and oxygen atoms in total. The minimum atomic E-state index is 0.0362. The van der Waals surface area contributed by atoms with E-state index < -0.39 is 0 Å². The summed E-state index contributed by atoms with van der Waals surface area (Å²) in [5.41, 5.74) is 6.66. The Balaban J connectivity index is 1.89. The van der Waals surface area contributed by atoms with E-state index in [0.29, 0.717) is 18.9 Å². The van der Waals surface area contributed by atoms with Gasteiger partial charge in [0.1, 0.15) is 5.75 Å². The van der Waals surface area contributed by atoms with Crippen molar-refractivity contribution in [2.24, 2.45) is 11.7 Å². The zero-order valence-corrected chi connectivity index (χ0v) is 12.3. The normalized spacial score (nSPS) is 16.0. The highest BCUT2D eigenvalue weighted by Gasteiger charge is 2.31. The second-order valence-electron chi connectivity index (χ2n) is 5.74. The SMILES string of the molecule is CC(C)Oc1cccc(CC(=O)NC(CN)C2CC2)c1. The number of carbonyl (C=O) groups excluding carboxylic acids is 1. The zero-order chi connectivity index (χ0) is 14.5. The lowest BCUT2D eigenvalue weighted by molar-refractivity contribution is -0.121. The molecule has 0 radical (unpaired) electrons. The summed E-state index contributed by atoms with van der Waals surface area (Å²) in [6, 6.07) is 7.84. The lowest BCUT2D eigenvalue weighted by atomic mass is 10.1. The lowest BCUT2D eigenvalue weighted by Gasteiger charge is -2.16. The van der Waals surface area contributed by atoms with E-state index in [1.807, 2.05) is 38.1 Å². The molecule has 0 spiro atoms. The van der Waals surface area contributed by atoms with Gasteiger partial charge < -0.3 is 15.8 Å². The van der Waals surface area contributed by atoms with Crippen molar-refractivity contribution < 1.29 is 9.53 Å². The number of hydrogen-bond acceptors (Lipinski definition) is 3. The van der Waals surface area contributed by atoms with E-state index in [2.05, 4.69) is 5.32 Å². The molecule has 1 aromatic rings. The van der Waals surface area contributed by atoms with E-state index >= 15 is 0 Å². The molecule has 1 amide bonds. The van der Waals surface area contributed by atoms with Gasteiger partial charge in [-0.2, -0.15) is 0 Å². The van der Waals surface area contributed by atoms with Crippen LogP contribution >= 0.6 is 0 Å². The summed E-state index contributed by atoms with van der Waals surface area (Å²) in [7, 11) is 0. The number of carbonyl (C=O) groups is 1. The summed E-state index contributed by atoms with van der Waals surface area (Å²) < 4.78 is 5.64. The maximum Gasteiger partial charge on any atom is 0.224 e. The molecule has 0 heterocycles. The topological polar surface area (TPSA) is 64.3 Å². The standard InChI is InChI=1S/C16H24N2O2/c1-11(2)20-14-5-3-4-12(8-14)9-16(19)18-15(10-17)13-6-7-13/h3-5,8,11,13,15H,6-7,9-10,17H2,1-2H3,(H,18,19). The molecule has 1 atom stereocenters. The van der Waals surface area contributed by atoms with Gasteiger partial charge in [0.15, 0.2) is 0 Å². The van der Waals surface area contributed by atoms with Crippen LogP contribution in [0.5, 0.6) is 5.75 Å². The molecule has 1 aliphatic carbocycles. The van der Waals surface area contributed by atoms with Gasteiger partial charge in [-0.1, -0.05) is 12.1 Å². The van der Waals surface area contributed by atoms with Crippen LogP contribution in [0.1, 0.15) is 32.3 Å². The largest absolute Gasteiger partial charge is 0.491 e. The van der Waals surface area contributed by atoms with Crippen LogP contribution in [0.3, 0.4) is 0 Å². The Morgan fingerprint density at radius 2 is 2.20 bits per heavy atom. The molecule has 0 bridgehead atoms. The highest BCUT2D eigenvalue weighted by Crippen LogP contribution is 2.32. The fourth-order valence-corrected chi connectivity index (χ4v) is 2.31. The van der Waals surface area contributed by atoms with E-state index in [9.17, 15) is 4.79 Å². The third kappa shape index (κ3) is 4.53. The van der Waals surface area contributed by atoms with Gasteiger partial charge in [0, 0.05) is 12.6 Å². The summed E-state index contributed by atoms with van der Waals surface area (Å²) in [6.07, 6.45) is 2.87. The first-order valence-electron chi connectivity index (χ1n) is 7.33. The van der Waals surface area contributed by atoms with E-state index in [1.165, 1.54) is 12.8 Å². The number of rotatable bonds is 7. The molecule has 0 aromatic heterocycles. The van der Waals surface area contributed by atoms with E-state index in [0.717, 1.165) is 11.3 Å². The number of ether oxygens (including phenoxy) is 1. The van der Waals surface area contributed by atoms with E-state index in [1.54, 1.807) is 0 Å². The molecule has 0 aliphatic heterocycles. The van der Waals surface area contributed by atoms with Crippen LogP contribution in [0.4, 0.5) is 0 Å². The number of nitrogens with one attached hydrogen (secondary N) is 1. The minimum absolute atomic E-state index is 0.0362. The Labute approximate surface area is 120 Å². The first kappa shape index (κ1) is 14.9. The van der Waals surface area contributed by atoms with Crippen molar-refractivity contribution in [1.29, 1.82) is 0 Å². The van der Waals surface area contributed by atoms with Crippen LogP contribution < -0.4 is 15.8 Å². The fourth-order valence-electron chi connectivity index (χ4n) is 2.31. The Hall–Kier alpha value is -1.55. The predicted molar refractivity (Wildman–Crippen MR) is 79.6 cm³/mol. The van der Waals surface area contributed by atoms with Crippen LogP contribution in [-0.2, 0) is 11.2 Å². The molecular weight excluding hydrogens is 252 g/mol. The van der Waals surface area contributed by atoms with Gasteiger partial charge in [-0.05, 0) is 50.3 Å². The Kier molecular flexibility index (Phi) is 5.01. The molecule has 3 N–H and O–H groups in total. The minimum Gasteiger partial charge on any atom is -0.491 e. The molecule has 2 rings (SSSR count). The summed E-state index contributed by atoms with van der Waals surface area (Å²) in [5.74, 6) is 1.43. The highest BCUT2D eigenvalue weighted by molar-refractivity contribution is 5.79. The van der Waals surface area contributed by atoms with Crippen molar-refractivity contribution in [2.45, 2.75) is 45.3 Å². The molecule has 4 heteroatoms. The Morgan fingerprint density at radius 3 is 2.80 bits per heavy atom. The average Bonchev–Trinajstić information content (AvgIpc) is 3.19. The maximum atomic E-state index is 12.0. The third-order valence-corrected chi connectivity index (χ3v) is 3.43. The summed E-state index contributed by atoms with van der Waals surface area (Å²) in [5, 5.41) is 3.03. The van der Waals surface area contributed by atoms with Gasteiger partial charge >= 0.3 is 0 Å². The Morgan fingerprint density at radius 1 is 1.45 bits per heavy atom. The van der Waals surface area contributed by atoms with Crippen molar-refractivity contribution >= 4 is 5.91 Å². The monoisotopic (exact) mass is 276 g/mol. The zero-order valence-electron chi connectivity index (χ0n) is 12.3. The molecule has 1 aromatic carbocycles. The van der Waals surface area contributed by atoms with Crippen molar-refractivity contribution in [3.8, 4) is 5.75 Å². The molecule has 1 unspecified atom stereocenters. The van der Waals surface area contributed by atoms with Crippen LogP contribution in [0.2, 0.25) is 0 Å². The molecule has 20 heavy (non-hydrogen) atoms. The third-order valence-electron chi connectivity index (χ3n) is 3.43. The number of hydrogen-bond donors (Lipinski definition) is 2.